The summed E-state index contributed by atoms with van der Waals surface area (Å²) in [5, 5.41) is 23.2. The number of rotatable bonds is 7. The molecule has 0 aromatic rings. The van der Waals surface area contributed by atoms with Gasteiger partial charge in [-0.3, -0.25) is 4.52 Å². The van der Waals surface area contributed by atoms with Gasteiger partial charge in [0.25, 0.3) is 0 Å². The highest BCUT2D eigenvalue weighted by Gasteiger charge is 2.67. The van der Waals surface area contributed by atoms with Gasteiger partial charge in [-0.2, -0.15) is 0 Å². The standard InChI is InChI=1S/C27H49O6P/c1-17(2)7-6-8-18(3)21-9-10-22-20-15-24(28)27(29)16-19(33-34(30,31)32)11-14-26(27,5)23(20)12-13-25(21,22)4/h17-24,28-29H,6-16H2,1-5H3,(H2,30,31,32)/t18-,19+,20+,21-,22+,23+,24?,25-,26-,27+/m1/s1. The Morgan fingerprint density at radius 3 is 2.35 bits per heavy atom. The van der Waals surface area contributed by atoms with Crippen molar-refractivity contribution in [3.8, 4) is 0 Å². The second kappa shape index (κ2) is 9.40. The maximum absolute atomic E-state index is 11.8. The molecule has 0 aromatic carbocycles. The molecule has 7 heteroatoms. The van der Waals surface area contributed by atoms with E-state index >= 15 is 0 Å². The summed E-state index contributed by atoms with van der Waals surface area (Å²) in [5.74, 6) is 3.57. The fraction of sp³-hybridized carbons (Fsp3) is 1.00. The van der Waals surface area contributed by atoms with Crippen molar-refractivity contribution in [1.82, 2.24) is 0 Å². The molecule has 0 heterocycles. The van der Waals surface area contributed by atoms with Crippen LogP contribution in [0.5, 0.6) is 0 Å². The summed E-state index contributed by atoms with van der Waals surface area (Å²) in [7, 11) is -4.63. The largest absolute Gasteiger partial charge is 0.469 e. The van der Waals surface area contributed by atoms with Gasteiger partial charge in [-0.1, -0.05) is 53.9 Å². The fourth-order valence-corrected chi connectivity index (χ4v) is 10.1. The molecule has 0 radical (unpaired) electrons. The number of aliphatic hydroxyl groups is 2. The van der Waals surface area contributed by atoms with E-state index in [0.29, 0.717) is 42.4 Å². The van der Waals surface area contributed by atoms with Crippen LogP contribution in [-0.4, -0.2) is 37.8 Å². The SMILES string of the molecule is CC(C)CCC[C@@H](C)[C@H]1CC[C@H]2[C@@H]3CC(O)[C@@]4(O)C[C@@H](OP(=O)(O)O)CC[C@]4(C)[C@H]3CC[C@]12C. The van der Waals surface area contributed by atoms with Crippen molar-refractivity contribution in [1.29, 1.82) is 0 Å². The third-order valence-electron chi connectivity index (χ3n) is 11.3. The zero-order valence-electron chi connectivity index (χ0n) is 21.9. The van der Waals surface area contributed by atoms with E-state index in [2.05, 4.69) is 34.6 Å². The highest BCUT2D eigenvalue weighted by Crippen LogP contribution is 2.69. The lowest BCUT2D eigenvalue weighted by Crippen LogP contribution is -2.68. The molecule has 4 rings (SSSR count). The topological polar surface area (TPSA) is 107 Å². The van der Waals surface area contributed by atoms with Crippen molar-refractivity contribution in [2.75, 3.05) is 0 Å². The van der Waals surface area contributed by atoms with E-state index in [9.17, 15) is 24.6 Å². The number of phosphoric acid groups is 1. The Morgan fingerprint density at radius 1 is 1.00 bits per heavy atom. The molecule has 0 amide bonds. The van der Waals surface area contributed by atoms with Gasteiger partial charge in [-0.05, 0) is 85.9 Å². The molecule has 0 saturated heterocycles. The van der Waals surface area contributed by atoms with Crippen LogP contribution in [0.4, 0.5) is 0 Å². The first-order valence-corrected chi connectivity index (χ1v) is 15.4. The van der Waals surface area contributed by atoms with Crippen LogP contribution >= 0.6 is 7.82 Å². The molecule has 6 nitrogen and oxygen atoms in total. The van der Waals surface area contributed by atoms with E-state index in [-0.39, 0.29) is 6.42 Å². The van der Waals surface area contributed by atoms with Crippen LogP contribution in [0.15, 0.2) is 0 Å². The highest BCUT2D eigenvalue weighted by atomic mass is 31.2. The Labute approximate surface area is 206 Å². The summed E-state index contributed by atoms with van der Waals surface area (Å²) in [4.78, 5) is 18.6. The number of hydrogen-bond acceptors (Lipinski definition) is 4. The normalized spacial score (nSPS) is 47.7. The Balaban J connectivity index is 1.51. The molecule has 0 aromatic heterocycles. The average molecular weight is 501 g/mol. The predicted octanol–water partition coefficient (Wildman–Crippen LogP) is 5.67. The smallest absolute Gasteiger partial charge is 0.390 e. The van der Waals surface area contributed by atoms with Gasteiger partial charge in [0.05, 0.1) is 17.8 Å². The minimum Gasteiger partial charge on any atom is -0.390 e. The third kappa shape index (κ3) is 4.58. The van der Waals surface area contributed by atoms with Crippen LogP contribution in [0.2, 0.25) is 0 Å². The van der Waals surface area contributed by atoms with Crippen LogP contribution in [-0.2, 0) is 9.09 Å². The highest BCUT2D eigenvalue weighted by molar-refractivity contribution is 7.46. The van der Waals surface area contributed by atoms with E-state index in [1.165, 1.54) is 38.5 Å². The molecule has 4 aliphatic rings. The lowest BCUT2D eigenvalue weighted by atomic mass is 9.42. The van der Waals surface area contributed by atoms with Crippen molar-refractivity contribution >= 4 is 7.82 Å². The molecule has 1 unspecified atom stereocenters. The summed E-state index contributed by atoms with van der Waals surface area (Å²) in [5.41, 5.74) is -1.50. The van der Waals surface area contributed by atoms with E-state index < -0.39 is 31.0 Å². The van der Waals surface area contributed by atoms with Crippen molar-refractivity contribution in [3.63, 3.8) is 0 Å². The molecule has 4 N–H and O–H groups in total. The van der Waals surface area contributed by atoms with Gasteiger partial charge in [0.15, 0.2) is 0 Å². The molecule has 0 aliphatic heterocycles. The van der Waals surface area contributed by atoms with Gasteiger partial charge in [0.2, 0.25) is 0 Å². The minimum atomic E-state index is -4.63. The Bertz CT molecular complexity index is 783. The number of fused-ring (bicyclic) bond motifs is 5. The number of phosphoric ester groups is 1. The van der Waals surface area contributed by atoms with Crippen molar-refractivity contribution in [2.24, 2.45) is 46.3 Å². The third-order valence-corrected chi connectivity index (χ3v) is 11.9. The van der Waals surface area contributed by atoms with E-state index in [0.717, 1.165) is 24.2 Å². The minimum absolute atomic E-state index is 0.0937. The van der Waals surface area contributed by atoms with Crippen LogP contribution in [0.1, 0.15) is 105 Å². The van der Waals surface area contributed by atoms with Gasteiger partial charge < -0.3 is 20.0 Å². The zero-order chi connectivity index (χ0) is 25.1. The molecule has 34 heavy (non-hydrogen) atoms. The second-order valence-corrected chi connectivity index (χ2v) is 14.7. The van der Waals surface area contributed by atoms with Crippen molar-refractivity contribution in [3.05, 3.63) is 0 Å². The van der Waals surface area contributed by atoms with Gasteiger partial charge in [0, 0.05) is 11.8 Å². The molecule has 4 fully saturated rings. The summed E-state index contributed by atoms with van der Waals surface area (Å²) in [6.07, 6.45) is 8.90. The summed E-state index contributed by atoms with van der Waals surface area (Å²) in [6.45, 7) is 11.7. The quantitative estimate of drug-likeness (QED) is 0.336. The first-order chi connectivity index (χ1) is 15.7. The summed E-state index contributed by atoms with van der Waals surface area (Å²) < 4.78 is 16.4. The van der Waals surface area contributed by atoms with E-state index in [1.807, 2.05) is 0 Å². The molecule has 0 spiro atoms. The average Bonchev–Trinajstić information content (AvgIpc) is 3.06. The Hall–Kier alpha value is 0.0300. The first kappa shape index (κ1) is 27.1. The maximum Gasteiger partial charge on any atom is 0.469 e. The monoisotopic (exact) mass is 500 g/mol. The van der Waals surface area contributed by atoms with Crippen LogP contribution < -0.4 is 0 Å². The number of aliphatic hydroxyl groups excluding tert-OH is 1. The van der Waals surface area contributed by atoms with E-state index in [4.69, 9.17) is 4.52 Å². The van der Waals surface area contributed by atoms with Gasteiger partial charge in [-0.15, -0.1) is 0 Å². The lowest BCUT2D eigenvalue weighted by Gasteiger charge is -2.65. The molecular formula is C27H49O6P. The number of hydrogen-bond donors (Lipinski definition) is 4. The fourth-order valence-electron chi connectivity index (χ4n) is 9.55. The molecule has 4 saturated carbocycles. The second-order valence-electron chi connectivity index (χ2n) is 13.5. The molecular weight excluding hydrogens is 451 g/mol. The molecule has 0 bridgehead atoms. The summed E-state index contributed by atoms with van der Waals surface area (Å²) in [6, 6.07) is 0. The molecule has 4 aliphatic carbocycles. The van der Waals surface area contributed by atoms with Gasteiger partial charge >= 0.3 is 7.82 Å². The van der Waals surface area contributed by atoms with Gasteiger partial charge in [-0.25, -0.2) is 4.57 Å². The first-order valence-electron chi connectivity index (χ1n) is 13.9. The van der Waals surface area contributed by atoms with Crippen molar-refractivity contribution in [2.45, 2.75) is 123 Å². The summed E-state index contributed by atoms with van der Waals surface area (Å²) >= 11 is 0. The Kier molecular flexibility index (Phi) is 7.49. The van der Waals surface area contributed by atoms with Gasteiger partial charge in [0.1, 0.15) is 0 Å². The lowest BCUT2D eigenvalue weighted by molar-refractivity contribution is -0.263. The zero-order valence-corrected chi connectivity index (χ0v) is 22.8. The predicted molar refractivity (Wildman–Crippen MR) is 133 cm³/mol. The van der Waals surface area contributed by atoms with Crippen molar-refractivity contribution < 1.29 is 29.1 Å². The van der Waals surface area contributed by atoms with Crippen LogP contribution in [0.3, 0.4) is 0 Å². The van der Waals surface area contributed by atoms with Crippen LogP contribution in [0, 0.1) is 46.3 Å². The van der Waals surface area contributed by atoms with E-state index in [1.54, 1.807) is 0 Å². The van der Waals surface area contributed by atoms with Crippen LogP contribution in [0.25, 0.3) is 0 Å². The Morgan fingerprint density at radius 2 is 1.71 bits per heavy atom. The molecule has 10 atom stereocenters. The maximum atomic E-state index is 11.8. The molecule has 198 valence electrons.